The van der Waals surface area contributed by atoms with Gasteiger partial charge in [-0.1, -0.05) is 12.1 Å². The van der Waals surface area contributed by atoms with E-state index in [1.807, 2.05) is 24.4 Å². The number of methoxy groups -OCH3 is 1. The second kappa shape index (κ2) is 10.5. The third kappa shape index (κ3) is 5.87. The third-order valence-corrected chi connectivity index (χ3v) is 4.87. The predicted octanol–water partition coefficient (Wildman–Crippen LogP) is 3.34. The molecule has 1 fully saturated rings. The van der Waals surface area contributed by atoms with Gasteiger partial charge in [-0.15, -0.1) is 0 Å². The minimum Gasteiger partial charge on any atom is -0.497 e. The Labute approximate surface area is 168 Å². The van der Waals surface area contributed by atoms with Crippen LogP contribution in [-0.4, -0.2) is 37.7 Å². The molecule has 1 aromatic carbocycles. The molecule has 0 unspecified atom stereocenters. The largest absolute Gasteiger partial charge is 0.497 e. The normalized spacial score (nSPS) is 14.6. The lowest BCUT2D eigenvalue weighted by Crippen LogP contribution is -2.36. The molecule has 6 nitrogen and oxygen atoms in total. The van der Waals surface area contributed by atoms with Crippen LogP contribution in [-0.2, 0) is 13.1 Å². The number of hydrogen-bond acceptors (Lipinski definition) is 4. The quantitative estimate of drug-likeness (QED) is 0.569. The van der Waals surface area contributed by atoms with Crippen LogP contribution in [0, 0.1) is 0 Å². The van der Waals surface area contributed by atoms with E-state index >= 15 is 0 Å². The molecule has 0 atom stereocenters. The van der Waals surface area contributed by atoms with Crippen LogP contribution < -0.4 is 20.3 Å². The Morgan fingerprint density at radius 2 is 1.86 bits per heavy atom. The van der Waals surface area contributed by atoms with E-state index in [2.05, 4.69) is 45.6 Å². The monoisotopic (exact) mass is 381 g/mol. The van der Waals surface area contributed by atoms with Gasteiger partial charge in [-0.25, -0.2) is 9.98 Å². The Balaban J connectivity index is 1.60. The van der Waals surface area contributed by atoms with E-state index in [9.17, 15) is 0 Å². The molecular formula is C22H31N5O. The van der Waals surface area contributed by atoms with Crippen molar-refractivity contribution in [1.82, 2.24) is 15.6 Å². The summed E-state index contributed by atoms with van der Waals surface area (Å²) in [6.45, 7) is 6.44. The fourth-order valence-electron chi connectivity index (χ4n) is 3.30. The molecule has 150 valence electrons. The van der Waals surface area contributed by atoms with Crippen LogP contribution in [0.15, 0.2) is 47.6 Å². The van der Waals surface area contributed by atoms with Gasteiger partial charge in [-0.05, 0) is 61.6 Å². The van der Waals surface area contributed by atoms with Crippen LogP contribution in [0.25, 0.3) is 0 Å². The molecule has 0 bridgehead atoms. The van der Waals surface area contributed by atoms with Gasteiger partial charge in [0, 0.05) is 32.4 Å². The van der Waals surface area contributed by atoms with Crippen molar-refractivity contribution in [3.05, 3.63) is 53.7 Å². The lowest BCUT2D eigenvalue weighted by Gasteiger charge is -2.27. The zero-order chi connectivity index (χ0) is 19.6. The molecule has 0 aliphatic carbocycles. The van der Waals surface area contributed by atoms with E-state index < -0.39 is 0 Å². The molecule has 0 radical (unpaired) electrons. The summed E-state index contributed by atoms with van der Waals surface area (Å²) in [6, 6.07) is 12.3. The number of benzene rings is 1. The molecule has 0 saturated carbocycles. The van der Waals surface area contributed by atoms with Crippen molar-refractivity contribution in [3.63, 3.8) is 0 Å². The predicted molar refractivity (Wildman–Crippen MR) is 115 cm³/mol. The number of nitrogens with one attached hydrogen (secondary N) is 2. The maximum Gasteiger partial charge on any atom is 0.191 e. The average molecular weight is 382 g/mol. The first-order valence-electron chi connectivity index (χ1n) is 10.1. The molecule has 3 rings (SSSR count). The number of piperidine rings is 1. The fraction of sp³-hybridized carbons (Fsp3) is 0.455. The first-order chi connectivity index (χ1) is 13.8. The number of pyridine rings is 1. The number of rotatable bonds is 7. The lowest BCUT2D eigenvalue weighted by atomic mass is 10.1. The average Bonchev–Trinajstić information content (AvgIpc) is 2.77. The van der Waals surface area contributed by atoms with Crippen molar-refractivity contribution in [1.29, 1.82) is 0 Å². The molecule has 6 heteroatoms. The SMILES string of the molecule is CCNC(=NCc1ccnc(N2CCCCC2)c1)NCc1ccc(OC)cc1. The van der Waals surface area contributed by atoms with Gasteiger partial charge in [0.2, 0.25) is 0 Å². The molecule has 0 amide bonds. The number of aliphatic imine (C=N–C) groups is 1. The summed E-state index contributed by atoms with van der Waals surface area (Å²) in [5.41, 5.74) is 2.36. The minimum atomic E-state index is 0.626. The minimum absolute atomic E-state index is 0.626. The third-order valence-electron chi connectivity index (χ3n) is 4.87. The summed E-state index contributed by atoms with van der Waals surface area (Å²) in [5, 5.41) is 6.71. The number of hydrogen-bond donors (Lipinski definition) is 2. The summed E-state index contributed by atoms with van der Waals surface area (Å²) < 4.78 is 5.21. The Bertz CT molecular complexity index is 754. The summed E-state index contributed by atoms with van der Waals surface area (Å²) in [6.07, 6.45) is 5.73. The van der Waals surface area contributed by atoms with Gasteiger partial charge < -0.3 is 20.3 Å². The highest BCUT2D eigenvalue weighted by atomic mass is 16.5. The summed E-state index contributed by atoms with van der Waals surface area (Å²) in [4.78, 5) is 11.7. The number of nitrogens with zero attached hydrogens (tertiary/aromatic N) is 3. The first-order valence-corrected chi connectivity index (χ1v) is 10.1. The molecular weight excluding hydrogens is 350 g/mol. The van der Waals surface area contributed by atoms with Gasteiger partial charge in [-0.3, -0.25) is 0 Å². The number of aromatic nitrogens is 1. The van der Waals surface area contributed by atoms with E-state index in [1.165, 1.54) is 30.4 Å². The Morgan fingerprint density at radius 3 is 2.57 bits per heavy atom. The summed E-state index contributed by atoms with van der Waals surface area (Å²) >= 11 is 0. The maximum absolute atomic E-state index is 5.21. The van der Waals surface area contributed by atoms with E-state index in [-0.39, 0.29) is 0 Å². The summed E-state index contributed by atoms with van der Waals surface area (Å²) in [5.74, 6) is 2.75. The highest BCUT2D eigenvalue weighted by Crippen LogP contribution is 2.18. The topological polar surface area (TPSA) is 61.8 Å². The zero-order valence-corrected chi connectivity index (χ0v) is 16.9. The van der Waals surface area contributed by atoms with Crippen molar-refractivity contribution < 1.29 is 4.74 Å². The molecule has 1 saturated heterocycles. The lowest BCUT2D eigenvalue weighted by molar-refractivity contribution is 0.414. The number of ether oxygens (including phenoxy) is 1. The van der Waals surface area contributed by atoms with Gasteiger partial charge in [0.15, 0.2) is 5.96 Å². The molecule has 2 heterocycles. The van der Waals surface area contributed by atoms with Gasteiger partial charge in [0.25, 0.3) is 0 Å². The maximum atomic E-state index is 5.21. The molecule has 1 aliphatic rings. The van der Waals surface area contributed by atoms with Crippen molar-refractivity contribution in [2.45, 2.75) is 39.3 Å². The van der Waals surface area contributed by atoms with E-state index in [4.69, 9.17) is 9.73 Å². The standard InChI is InChI=1S/C22H31N5O/c1-3-23-22(25-16-18-7-9-20(28-2)10-8-18)26-17-19-11-12-24-21(15-19)27-13-5-4-6-14-27/h7-12,15H,3-6,13-14,16-17H2,1-2H3,(H2,23,25,26). The van der Waals surface area contributed by atoms with Crippen molar-refractivity contribution in [2.75, 3.05) is 31.6 Å². The highest BCUT2D eigenvalue weighted by Gasteiger charge is 2.12. The van der Waals surface area contributed by atoms with E-state index in [1.54, 1.807) is 7.11 Å². The van der Waals surface area contributed by atoms with Crippen LogP contribution in [0.4, 0.5) is 5.82 Å². The number of anilines is 1. The van der Waals surface area contributed by atoms with Crippen LogP contribution in [0.5, 0.6) is 5.75 Å². The molecule has 0 spiro atoms. The Kier molecular flexibility index (Phi) is 7.53. The molecule has 1 aliphatic heterocycles. The van der Waals surface area contributed by atoms with Crippen LogP contribution in [0.2, 0.25) is 0 Å². The second-order valence-corrected chi connectivity index (χ2v) is 6.97. The van der Waals surface area contributed by atoms with Crippen molar-refractivity contribution in [2.24, 2.45) is 4.99 Å². The van der Waals surface area contributed by atoms with Gasteiger partial charge in [0.05, 0.1) is 13.7 Å². The second-order valence-electron chi connectivity index (χ2n) is 6.97. The molecule has 28 heavy (non-hydrogen) atoms. The van der Waals surface area contributed by atoms with E-state index in [0.717, 1.165) is 37.2 Å². The first kappa shape index (κ1) is 20.0. The van der Waals surface area contributed by atoms with Crippen LogP contribution in [0.1, 0.15) is 37.3 Å². The molecule has 1 aromatic heterocycles. The molecule has 2 N–H and O–H groups in total. The Morgan fingerprint density at radius 1 is 1.07 bits per heavy atom. The molecule has 2 aromatic rings. The fourth-order valence-corrected chi connectivity index (χ4v) is 3.30. The van der Waals surface area contributed by atoms with Gasteiger partial charge in [-0.2, -0.15) is 0 Å². The highest BCUT2D eigenvalue weighted by molar-refractivity contribution is 5.79. The van der Waals surface area contributed by atoms with Crippen molar-refractivity contribution >= 4 is 11.8 Å². The summed E-state index contributed by atoms with van der Waals surface area (Å²) in [7, 11) is 1.68. The van der Waals surface area contributed by atoms with E-state index in [0.29, 0.717) is 13.1 Å². The van der Waals surface area contributed by atoms with Gasteiger partial charge in [0.1, 0.15) is 11.6 Å². The smallest absolute Gasteiger partial charge is 0.191 e. The zero-order valence-electron chi connectivity index (χ0n) is 16.9. The van der Waals surface area contributed by atoms with Crippen LogP contribution >= 0.6 is 0 Å². The Hall–Kier alpha value is -2.76. The number of guanidine groups is 1. The van der Waals surface area contributed by atoms with Crippen molar-refractivity contribution in [3.8, 4) is 5.75 Å². The van der Waals surface area contributed by atoms with Crippen LogP contribution in [0.3, 0.4) is 0 Å². The van der Waals surface area contributed by atoms with Gasteiger partial charge >= 0.3 is 0 Å².